The van der Waals surface area contributed by atoms with Gasteiger partial charge in [-0.1, -0.05) is 32.4 Å². The van der Waals surface area contributed by atoms with Crippen LogP contribution in [0.1, 0.15) is 31.4 Å². The van der Waals surface area contributed by atoms with Crippen molar-refractivity contribution in [1.82, 2.24) is 5.32 Å². The summed E-state index contributed by atoms with van der Waals surface area (Å²) >= 11 is 0. The number of hydrogen-bond donors (Lipinski definition) is 1. The van der Waals surface area contributed by atoms with E-state index in [-0.39, 0.29) is 0 Å². The van der Waals surface area contributed by atoms with E-state index in [1.54, 1.807) is 0 Å². The molecule has 2 heteroatoms. The zero-order valence-electron chi connectivity index (χ0n) is 9.46. The van der Waals surface area contributed by atoms with Crippen LogP contribution in [0.15, 0.2) is 24.3 Å². The number of nitriles is 1. The Morgan fingerprint density at radius 2 is 2.27 bits per heavy atom. The van der Waals surface area contributed by atoms with E-state index in [2.05, 4.69) is 25.2 Å². The van der Waals surface area contributed by atoms with Gasteiger partial charge in [0, 0.05) is 6.54 Å². The van der Waals surface area contributed by atoms with Crippen molar-refractivity contribution < 1.29 is 0 Å². The fourth-order valence-electron chi connectivity index (χ4n) is 1.36. The number of nitrogens with zero attached hydrogens (tertiary/aromatic N) is 1. The summed E-state index contributed by atoms with van der Waals surface area (Å²) in [5, 5.41) is 12.1. The Kier molecular flexibility index (Phi) is 4.86. The lowest BCUT2D eigenvalue weighted by Crippen LogP contribution is -2.20. The summed E-state index contributed by atoms with van der Waals surface area (Å²) in [5.74, 6) is 0.712. The average Bonchev–Trinajstić information content (AvgIpc) is 2.29. The van der Waals surface area contributed by atoms with Crippen molar-refractivity contribution in [3.8, 4) is 6.07 Å². The standard InChI is InChI=1S/C13H18N2/c1-3-11(2)9-15-10-13-6-4-5-12(7-13)8-14/h4-7,11,15H,3,9-10H2,1-2H3/t11-/m0/s1. The normalized spacial score (nSPS) is 12.1. The second-order valence-electron chi connectivity index (χ2n) is 3.96. The van der Waals surface area contributed by atoms with Crippen LogP contribution in [-0.4, -0.2) is 6.54 Å². The first kappa shape index (κ1) is 11.7. The summed E-state index contributed by atoms with van der Waals surface area (Å²) in [4.78, 5) is 0. The minimum absolute atomic E-state index is 0.712. The smallest absolute Gasteiger partial charge is 0.0991 e. The Bertz CT molecular complexity index is 339. The Morgan fingerprint density at radius 1 is 1.47 bits per heavy atom. The molecule has 0 saturated carbocycles. The molecule has 15 heavy (non-hydrogen) atoms. The van der Waals surface area contributed by atoms with E-state index in [9.17, 15) is 0 Å². The molecule has 1 atom stereocenters. The topological polar surface area (TPSA) is 35.8 Å². The first-order valence-corrected chi connectivity index (χ1v) is 5.46. The Labute approximate surface area is 91.9 Å². The molecule has 0 fully saturated rings. The largest absolute Gasteiger partial charge is 0.312 e. The lowest BCUT2D eigenvalue weighted by Gasteiger charge is -2.09. The first-order chi connectivity index (χ1) is 7.26. The van der Waals surface area contributed by atoms with Crippen LogP contribution in [0.2, 0.25) is 0 Å². The molecule has 0 bridgehead atoms. The molecule has 1 rings (SSSR count). The van der Waals surface area contributed by atoms with Crippen LogP contribution in [0.4, 0.5) is 0 Å². The van der Waals surface area contributed by atoms with E-state index in [0.717, 1.165) is 18.7 Å². The van der Waals surface area contributed by atoms with Crippen LogP contribution in [0.25, 0.3) is 0 Å². The van der Waals surface area contributed by atoms with Crippen LogP contribution < -0.4 is 5.32 Å². The maximum Gasteiger partial charge on any atom is 0.0991 e. The van der Waals surface area contributed by atoms with Gasteiger partial charge in [-0.2, -0.15) is 5.26 Å². The quantitative estimate of drug-likeness (QED) is 0.796. The molecule has 0 unspecified atom stereocenters. The van der Waals surface area contributed by atoms with Gasteiger partial charge < -0.3 is 5.32 Å². The zero-order chi connectivity index (χ0) is 11.1. The van der Waals surface area contributed by atoms with E-state index in [4.69, 9.17) is 5.26 Å². The molecular weight excluding hydrogens is 184 g/mol. The van der Waals surface area contributed by atoms with Crippen LogP contribution in [0, 0.1) is 17.2 Å². The highest BCUT2D eigenvalue weighted by molar-refractivity contribution is 5.32. The minimum atomic E-state index is 0.712. The monoisotopic (exact) mass is 202 g/mol. The van der Waals surface area contributed by atoms with E-state index in [0.29, 0.717) is 5.92 Å². The van der Waals surface area contributed by atoms with Crippen molar-refractivity contribution in [3.05, 3.63) is 35.4 Å². The number of rotatable bonds is 5. The van der Waals surface area contributed by atoms with Crippen molar-refractivity contribution >= 4 is 0 Å². The summed E-state index contributed by atoms with van der Waals surface area (Å²) < 4.78 is 0. The molecule has 80 valence electrons. The molecular formula is C13H18N2. The summed E-state index contributed by atoms with van der Waals surface area (Å²) in [6.07, 6.45) is 1.20. The van der Waals surface area contributed by atoms with E-state index in [1.165, 1.54) is 12.0 Å². The molecule has 1 N–H and O–H groups in total. The number of hydrogen-bond acceptors (Lipinski definition) is 2. The Morgan fingerprint density at radius 3 is 2.93 bits per heavy atom. The second-order valence-corrected chi connectivity index (χ2v) is 3.96. The molecule has 1 aromatic carbocycles. The fraction of sp³-hybridized carbons (Fsp3) is 0.462. The molecule has 1 aromatic rings. The van der Waals surface area contributed by atoms with Crippen LogP contribution in [0.5, 0.6) is 0 Å². The predicted molar refractivity (Wildman–Crippen MR) is 62.3 cm³/mol. The van der Waals surface area contributed by atoms with E-state index < -0.39 is 0 Å². The summed E-state index contributed by atoms with van der Waals surface area (Å²) in [6, 6.07) is 9.89. The molecule has 0 radical (unpaired) electrons. The SMILES string of the molecule is CC[C@H](C)CNCc1cccc(C#N)c1. The second kappa shape index (κ2) is 6.21. The van der Waals surface area contributed by atoms with Gasteiger partial charge in [0.1, 0.15) is 0 Å². The summed E-state index contributed by atoms with van der Waals surface area (Å²) in [6.45, 7) is 6.31. The van der Waals surface area contributed by atoms with Gasteiger partial charge in [0.05, 0.1) is 11.6 Å². The van der Waals surface area contributed by atoms with Gasteiger partial charge in [-0.05, 0) is 30.2 Å². The van der Waals surface area contributed by atoms with Gasteiger partial charge in [-0.3, -0.25) is 0 Å². The molecule has 0 aromatic heterocycles. The summed E-state index contributed by atoms with van der Waals surface area (Å²) in [7, 11) is 0. The van der Waals surface area contributed by atoms with E-state index >= 15 is 0 Å². The van der Waals surface area contributed by atoms with Gasteiger partial charge in [0.15, 0.2) is 0 Å². The van der Waals surface area contributed by atoms with Gasteiger partial charge in [0.25, 0.3) is 0 Å². The molecule has 0 saturated heterocycles. The highest BCUT2D eigenvalue weighted by atomic mass is 14.8. The number of benzene rings is 1. The third-order valence-corrected chi connectivity index (χ3v) is 2.57. The Hall–Kier alpha value is -1.33. The van der Waals surface area contributed by atoms with Crippen LogP contribution in [-0.2, 0) is 6.54 Å². The van der Waals surface area contributed by atoms with Gasteiger partial charge >= 0.3 is 0 Å². The highest BCUT2D eigenvalue weighted by Gasteiger charge is 1.98. The van der Waals surface area contributed by atoms with Crippen molar-refractivity contribution in [2.45, 2.75) is 26.8 Å². The van der Waals surface area contributed by atoms with Crippen molar-refractivity contribution in [2.75, 3.05) is 6.54 Å². The van der Waals surface area contributed by atoms with Crippen LogP contribution >= 0.6 is 0 Å². The van der Waals surface area contributed by atoms with Gasteiger partial charge in [0.2, 0.25) is 0 Å². The molecule has 0 aliphatic rings. The minimum Gasteiger partial charge on any atom is -0.312 e. The third-order valence-electron chi connectivity index (χ3n) is 2.57. The maximum absolute atomic E-state index is 8.74. The Balaban J connectivity index is 2.41. The average molecular weight is 202 g/mol. The molecule has 0 aliphatic carbocycles. The predicted octanol–water partition coefficient (Wildman–Crippen LogP) is 2.69. The molecule has 0 amide bonds. The zero-order valence-corrected chi connectivity index (χ0v) is 9.46. The number of nitrogens with one attached hydrogen (secondary N) is 1. The highest BCUT2D eigenvalue weighted by Crippen LogP contribution is 2.04. The molecule has 0 spiro atoms. The molecule has 0 aliphatic heterocycles. The fourth-order valence-corrected chi connectivity index (χ4v) is 1.36. The third kappa shape index (κ3) is 4.14. The maximum atomic E-state index is 8.74. The lowest BCUT2D eigenvalue weighted by atomic mass is 10.1. The van der Waals surface area contributed by atoms with Gasteiger partial charge in [-0.15, -0.1) is 0 Å². The van der Waals surface area contributed by atoms with E-state index in [1.807, 2.05) is 24.3 Å². The van der Waals surface area contributed by atoms with Crippen LogP contribution in [0.3, 0.4) is 0 Å². The lowest BCUT2D eigenvalue weighted by molar-refractivity contribution is 0.500. The summed E-state index contributed by atoms with van der Waals surface area (Å²) in [5.41, 5.74) is 1.91. The van der Waals surface area contributed by atoms with Crippen molar-refractivity contribution in [2.24, 2.45) is 5.92 Å². The molecule has 2 nitrogen and oxygen atoms in total. The van der Waals surface area contributed by atoms with Gasteiger partial charge in [-0.25, -0.2) is 0 Å². The van der Waals surface area contributed by atoms with Crippen molar-refractivity contribution in [3.63, 3.8) is 0 Å². The molecule has 0 heterocycles. The van der Waals surface area contributed by atoms with Crippen molar-refractivity contribution in [1.29, 1.82) is 5.26 Å². The first-order valence-electron chi connectivity index (χ1n) is 5.46.